The predicted molar refractivity (Wildman–Crippen MR) is 133 cm³/mol. The van der Waals surface area contributed by atoms with Crippen LogP contribution in [0.15, 0.2) is 12.5 Å². The van der Waals surface area contributed by atoms with Gasteiger partial charge in [-0.1, -0.05) is 39.0 Å². The Morgan fingerprint density at radius 2 is 1.95 bits per heavy atom. The highest BCUT2D eigenvalue weighted by Gasteiger charge is 2.38. The van der Waals surface area contributed by atoms with Gasteiger partial charge in [-0.2, -0.15) is 0 Å². The van der Waals surface area contributed by atoms with Gasteiger partial charge in [-0.3, -0.25) is 19.2 Å². The first-order valence-corrected chi connectivity index (χ1v) is 13.2. The Morgan fingerprint density at radius 3 is 2.65 bits per heavy atom. The molecule has 3 rings (SSSR count). The zero-order chi connectivity index (χ0) is 26.8. The van der Waals surface area contributed by atoms with E-state index in [0.29, 0.717) is 38.1 Å². The van der Waals surface area contributed by atoms with E-state index >= 15 is 0 Å². The van der Waals surface area contributed by atoms with Gasteiger partial charge in [-0.25, -0.2) is 14.3 Å². The number of aromatic nitrogens is 2. The fourth-order valence-electron chi connectivity index (χ4n) is 4.70. The minimum absolute atomic E-state index is 0.00900. The lowest BCUT2D eigenvalue weighted by atomic mass is 10.1. The van der Waals surface area contributed by atoms with E-state index in [-0.39, 0.29) is 18.7 Å². The average molecular weight is 519 g/mol. The first-order valence-electron chi connectivity index (χ1n) is 13.2. The SMILES string of the molecule is CCCCCCCCOC(=O)n1cnc(CC(NC(=O)C2CCC(=O)N2)C(=O)N2CCCC2C(N)=O)c1. The van der Waals surface area contributed by atoms with Crippen LogP contribution in [0.1, 0.15) is 76.8 Å². The van der Waals surface area contributed by atoms with Gasteiger partial charge in [0.25, 0.3) is 0 Å². The number of rotatable bonds is 13. The average Bonchev–Trinajstić information content (AvgIpc) is 3.63. The zero-order valence-electron chi connectivity index (χ0n) is 21.4. The van der Waals surface area contributed by atoms with Gasteiger partial charge in [0.05, 0.1) is 12.3 Å². The number of carbonyl (C=O) groups is 5. The van der Waals surface area contributed by atoms with Crippen molar-refractivity contribution >= 4 is 29.7 Å². The van der Waals surface area contributed by atoms with E-state index in [9.17, 15) is 24.0 Å². The van der Waals surface area contributed by atoms with Gasteiger partial charge in [-0.05, 0) is 25.7 Å². The summed E-state index contributed by atoms with van der Waals surface area (Å²) >= 11 is 0. The zero-order valence-corrected chi connectivity index (χ0v) is 21.4. The summed E-state index contributed by atoms with van der Waals surface area (Å²) in [5.74, 6) is -1.78. The Kier molecular flexibility index (Phi) is 10.5. The van der Waals surface area contributed by atoms with Gasteiger partial charge in [-0.15, -0.1) is 0 Å². The van der Waals surface area contributed by atoms with Gasteiger partial charge in [0.15, 0.2) is 0 Å². The molecular formula is C25H38N6O6. The maximum Gasteiger partial charge on any atom is 0.419 e. The predicted octanol–water partition coefficient (Wildman–Crippen LogP) is 1.01. The van der Waals surface area contributed by atoms with Crippen LogP contribution in [0.4, 0.5) is 4.79 Å². The molecule has 37 heavy (non-hydrogen) atoms. The third-order valence-electron chi connectivity index (χ3n) is 6.77. The molecule has 0 bridgehead atoms. The van der Waals surface area contributed by atoms with Crippen molar-refractivity contribution in [2.75, 3.05) is 13.2 Å². The van der Waals surface area contributed by atoms with E-state index in [1.165, 1.54) is 41.3 Å². The minimum Gasteiger partial charge on any atom is -0.449 e. The lowest BCUT2D eigenvalue weighted by Crippen LogP contribution is -2.56. The van der Waals surface area contributed by atoms with Crippen molar-refractivity contribution in [1.29, 1.82) is 0 Å². The van der Waals surface area contributed by atoms with Crippen molar-refractivity contribution in [2.24, 2.45) is 5.73 Å². The maximum atomic E-state index is 13.4. The highest BCUT2D eigenvalue weighted by Crippen LogP contribution is 2.19. The number of nitrogens with two attached hydrogens (primary N) is 1. The number of hydrogen-bond acceptors (Lipinski definition) is 7. The van der Waals surface area contributed by atoms with E-state index in [1.54, 1.807) is 0 Å². The van der Waals surface area contributed by atoms with Crippen LogP contribution in [0.3, 0.4) is 0 Å². The molecular weight excluding hydrogens is 480 g/mol. The Morgan fingerprint density at radius 1 is 1.19 bits per heavy atom. The molecule has 0 aromatic carbocycles. The number of imidazole rings is 1. The van der Waals surface area contributed by atoms with E-state index in [0.717, 1.165) is 19.3 Å². The molecule has 4 N–H and O–H groups in total. The quantitative estimate of drug-likeness (QED) is 0.328. The number of nitrogens with one attached hydrogen (secondary N) is 2. The summed E-state index contributed by atoms with van der Waals surface area (Å²) in [6.07, 6.45) is 10.3. The molecule has 0 aliphatic carbocycles. The first kappa shape index (κ1) is 28.1. The second-order valence-electron chi connectivity index (χ2n) is 9.67. The lowest BCUT2D eigenvalue weighted by Gasteiger charge is -2.28. The van der Waals surface area contributed by atoms with Crippen molar-refractivity contribution in [2.45, 2.75) is 95.7 Å². The van der Waals surface area contributed by atoms with Crippen LogP contribution in [0.2, 0.25) is 0 Å². The van der Waals surface area contributed by atoms with Gasteiger partial charge < -0.3 is 26.0 Å². The molecule has 3 unspecified atom stereocenters. The molecule has 4 amide bonds. The van der Waals surface area contributed by atoms with Crippen LogP contribution in [0, 0.1) is 0 Å². The number of hydrogen-bond donors (Lipinski definition) is 3. The summed E-state index contributed by atoms with van der Waals surface area (Å²) in [5, 5.41) is 5.29. The second kappa shape index (κ2) is 13.8. The molecule has 12 nitrogen and oxygen atoms in total. The number of amides is 4. The van der Waals surface area contributed by atoms with Crippen molar-refractivity contribution in [3.8, 4) is 0 Å². The molecule has 12 heteroatoms. The molecule has 0 spiro atoms. The number of nitrogens with zero attached hydrogens (tertiary/aromatic N) is 3. The Labute approximate surface area is 216 Å². The molecule has 0 saturated carbocycles. The van der Waals surface area contributed by atoms with Gasteiger partial charge in [0.2, 0.25) is 23.6 Å². The summed E-state index contributed by atoms with van der Waals surface area (Å²) in [5.41, 5.74) is 5.87. The van der Waals surface area contributed by atoms with Crippen LogP contribution in [0.5, 0.6) is 0 Å². The molecule has 2 aliphatic rings. The van der Waals surface area contributed by atoms with E-state index < -0.39 is 41.9 Å². The Bertz CT molecular complexity index is 979. The first-order chi connectivity index (χ1) is 17.8. The van der Waals surface area contributed by atoms with Crippen LogP contribution < -0.4 is 16.4 Å². The molecule has 204 valence electrons. The molecule has 2 aliphatic heterocycles. The van der Waals surface area contributed by atoms with Crippen molar-refractivity contribution < 1.29 is 28.7 Å². The van der Waals surface area contributed by atoms with Crippen LogP contribution in [0.25, 0.3) is 0 Å². The van der Waals surface area contributed by atoms with Gasteiger partial charge in [0.1, 0.15) is 24.5 Å². The van der Waals surface area contributed by atoms with Crippen molar-refractivity contribution in [3.05, 3.63) is 18.2 Å². The smallest absolute Gasteiger partial charge is 0.419 e. The molecule has 3 heterocycles. The molecule has 1 aromatic rings. The summed E-state index contributed by atoms with van der Waals surface area (Å²) in [4.78, 5) is 67.5. The maximum absolute atomic E-state index is 13.4. The van der Waals surface area contributed by atoms with E-state index in [4.69, 9.17) is 10.5 Å². The summed E-state index contributed by atoms with van der Waals surface area (Å²) in [6.45, 7) is 2.82. The molecule has 2 fully saturated rings. The van der Waals surface area contributed by atoms with Crippen molar-refractivity contribution in [3.63, 3.8) is 0 Å². The Balaban J connectivity index is 1.61. The minimum atomic E-state index is -1.05. The molecule has 3 atom stereocenters. The summed E-state index contributed by atoms with van der Waals surface area (Å²) in [7, 11) is 0. The largest absolute Gasteiger partial charge is 0.449 e. The number of unbranched alkanes of at least 4 members (excludes halogenated alkanes) is 5. The highest BCUT2D eigenvalue weighted by atomic mass is 16.5. The third kappa shape index (κ3) is 8.02. The van der Waals surface area contributed by atoms with Gasteiger partial charge >= 0.3 is 6.09 Å². The summed E-state index contributed by atoms with van der Waals surface area (Å²) < 4.78 is 6.52. The fourth-order valence-corrected chi connectivity index (χ4v) is 4.70. The number of primary amides is 1. The van der Waals surface area contributed by atoms with Crippen molar-refractivity contribution in [1.82, 2.24) is 25.1 Å². The van der Waals surface area contributed by atoms with Gasteiger partial charge in [0, 0.05) is 25.6 Å². The van der Waals surface area contributed by atoms with E-state index in [2.05, 4.69) is 22.5 Å². The van der Waals surface area contributed by atoms with Crippen LogP contribution >= 0.6 is 0 Å². The normalized spacial score (nSPS) is 19.9. The lowest BCUT2D eigenvalue weighted by molar-refractivity contribution is -0.140. The molecule has 1 aromatic heterocycles. The fraction of sp³-hybridized carbons (Fsp3) is 0.680. The highest BCUT2D eigenvalue weighted by molar-refractivity contribution is 5.95. The topological polar surface area (TPSA) is 166 Å². The van der Waals surface area contributed by atoms with Crippen LogP contribution in [-0.2, 0) is 30.3 Å². The summed E-state index contributed by atoms with van der Waals surface area (Å²) in [6, 6.07) is -2.53. The number of likely N-dealkylation sites (tertiary alicyclic amines) is 1. The standard InChI is InChI=1S/C25H38N6O6/c1-2-3-4-5-6-7-13-37-25(36)30-15-17(27-16-30)14-19(29-23(34)18-10-11-21(32)28-18)24(35)31-12-8-9-20(31)22(26)33/h15-16,18-20H,2-14H2,1H3,(H2,26,33)(H,28,32)(H,29,34). The number of ether oxygens (including phenoxy) is 1. The monoisotopic (exact) mass is 518 g/mol. The molecule has 2 saturated heterocycles. The second-order valence-corrected chi connectivity index (χ2v) is 9.67. The third-order valence-corrected chi connectivity index (χ3v) is 6.77. The Hall–Kier alpha value is -3.44. The van der Waals surface area contributed by atoms with Crippen LogP contribution in [-0.4, -0.2) is 75.5 Å². The number of carbonyl (C=O) groups excluding carboxylic acids is 5. The molecule has 0 radical (unpaired) electrons. The van der Waals surface area contributed by atoms with E-state index in [1.807, 2.05) is 0 Å².